The molecule has 0 atom stereocenters. The van der Waals surface area contributed by atoms with E-state index >= 15 is 0 Å². The highest BCUT2D eigenvalue weighted by molar-refractivity contribution is 6.32. The van der Waals surface area contributed by atoms with Crippen molar-refractivity contribution in [2.24, 2.45) is 0 Å². The maximum Gasteiger partial charge on any atom is 0.146 e. The first-order valence-electron chi connectivity index (χ1n) is 7.28. The number of halogens is 1. The van der Waals surface area contributed by atoms with Crippen molar-refractivity contribution in [1.29, 1.82) is 5.26 Å². The Hall–Kier alpha value is -2.81. The van der Waals surface area contributed by atoms with Crippen LogP contribution in [0.3, 0.4) is 0 Å². The van der Waals surface area contributed by atoms with E-state index in [4.69, 9.17) is 21.4 Å². The molecule has 1 heterocycles. The number of hydrogen-bond acceptors (Lipinski definition) is 4. The number of para-hydroxylation sites is 1. The van der Waals surface area contributed by atoms with Gasteiger partial charge in [0.25, 0.3) is 0 Å². The van der Waals surface area contributed by atoms with Gasteiger partial charge in [-0.3, -0.25) is 0 Å². The standard InChI is InChI=1S/C18H14ClN3O2/c19-15-3-1-2-4-16(15)24-17-7-12(5-6-13(17)9-20)8-18-21-10-14(11-23)22-18/h1-7,10,23H,8,11H2,(H,21,22). The molecular weight excluding hydrogens is 326 g/mol. The quantitative estimate of drug-likeness (QED) is 0.740. The van der Waals surface area contributed by atoms with Crippen LogP contribution in [0, 0.1) is 11.3 Å². The molecule has 0 spiro atoms. The maximum absolute atomic E-state index is 9.27. The topological polar surface area (TPSA) is 81.9 Å². The van der Waals surface area contributed by atoms with Crippen LogP contribution in [0.4, 0.5) is 0 Å². The highest BCUT2D eigenvalue weighted by Gasteiger charge is 2.10. The first-order chi connectivity index (χ1) is 11.7. The van der Waals surface area contributed by atoms with E-state index in [0.717, 1.165) is 11.4 Å². The minimum Gasteiger partial charge on any atom is -0.454 e. The fourth-order valence-electron chi connectivity index (χ4n) is 2.27. The van der Waals surface area contributed by atoms with Gasteiger partial charge < -0.3 is 14.8 Å². The number of nitrogens with one attached hydrogen (secondary N) is 1. The summed E-state index contributed by atoms with van der Waals surface area (Å²) in [6.07, 6.45) is 2.13. The van der Waals surface area contributed by atoms with Crippen molar-refractivity contribution in [2.45, 2.75) is 13.0 Å². The molecule has 0 bridgehead atoms. The molecule has 0 aliphatic heterocycles. The number of nitrogens with zero attached hydrogens (tertiary/aromatic N) is 2. The molecule has 3 aromatic rings. The van der Waals surface area contributed by atoms with Gasteiger partial charge in [0.15, 0.2) is 0 Å². The predicted octanol–water partition coefficient (Wildman–Crippen LogP) is 3.81. The van der Waals surface area contributed by atoms with Crippen LogP contribution in [0.5, 0.6) is 11.5 Å². The Morgan fingerprint density at radius 2 is 2.04 bits per heavy atom. The minimum absolute atomic E-state index is 0.0821. The molecule has 5 nitrogen and oxygen atoms in total. The van der Waals surface area contributed by atoms with E-state index in [9.17, 15) is 5.26 Å². The molecule has 0 aliphatic rings. The van der Waals surface area contributed by atoms with Gasteiger partial charge in [-0.25, -0.2) is 4.98 Å². The van der Waals surface area contributed by atoms with Crippen LogP contribution in [0.1, 0.15) is 22.6 Å². The van der Waals surface area contributed by atoms with Gasteiger partial charge in [0.2, 0.25) is 0 Å². The molecule has 0 radical (unpaired) electrons. The van der Waals surface area contributed by atoms with E-state index < -0.39 is 0 Å². The number of aliphatic hydroxyl groups excluding tert-OH is 1. The van der Waals surface area contributed by atoms with Gasteiger partial charge in [-0.1, -0.05) is 29.8 Å². The third kappa shape index (κ3) is 3.57. The molecule has 1 aromatic heterocycles. The molecule has 0 saturated heterocycles. The highest BCUT2D eigenvalue weighted by atomic mass is 35.5. The molecule has 0 amide bonds. The summed E-state index contributed by atoms with van der Waals surface area (Å²) in [4.78, 5) is 7.24. The second-order valence-corrected chi connectivity index (χ2v) is 5.57. The number of benzene rings is 2. The van der Waals surface area contributed by atoms with E-state index in [2.05, 4.69) is 16.0 Å². The number of ether oxygens (including phenoxy) is 1. The fraction of sp³-hybridized carbons (Fsp3) is 0.111. The zero-order chi connectivity index (χ0) is 16.9. The Labute approximate surface area is 144 Å². The summed E-state index contributed by atoms with van der Waals surface area (Å²) in [5.74, 6) is 1.66. The molecule has 2 aromatic carbocycles. The molecule has 120 valence electrons. The Balaban J connectivity index is 1.88. The summed E-state index contributed by atoms with van der Waals surface area (Å²) in [7, 11) is 0. The van der Waals surface area contributed by atoms with E-state index in [1.165, 1.54) is 0 Å². The predicted molar refractivity (Wildman–Crippen MR) is 90.0 cm³/mol. The summed E-state index contributed by atoms with van der Waals surface area (Å²) in [5, 5.41) is 18.8. The van der Waals surface area contributed by atoms with Crippen LogP contribution in [0.25, 0.3) is 0 Å². The van der Waals surface area contributed by atoms with Crippen LogP contribution in [0.2, 0.25) is 5.02 Å². The molecule has 0 fully saturated rings. The summed E-state index contributed by atoms with van der Waals surface area (Å²) in [6, 6.07) is 14.6. The van der Waals surface area contributed by atoms with Crippen LogP contribution in [-0.2, 0) is 13.0 Å². The number of rotatable bonds is 5. The van der Waals surface area contributed by atoms with E-state index in [1.54, 1.807) is 30.5 Å². The Morgan fingerprint density at radius 3 is 2.75 bits per heavy atom. The molecule has 24 heavy (non-hydrogen) atoms. The van der Waals surface area contributed by atoms with Gasteiger partial charge >= 0.3 is 0 Å². The number of hydrogen-bond donors (Lipinski definition) is 2. The molecule has 0 unspecified atom stereocenters. The lowest BCUT2D eigenvalue weighted by atomic mass is 10.1. The normalized spacial score (nSPS) is 10.4. The van der Waals surface area contributed by atoms with Crippen molar-refractivity contribution in [3.63, 3.8) is 0 Å². The summed E-state index contributed by atoms with van der Waals surface area (Å²) in [6.45, 7) is -0.0821. The smallest absolute Gasteiger partial charge is 0.146 e. The summed E-state index contributed by atoms with van der Waals surface area (Å²) >= 11 is 6.11. The lowest BCUT2D eigenvalue weighted by molar-refractivity contribution is 0.277. The van der Waals surface area contributed by atoms with Gasteiger partial charge in [0.1, 0.15) is 23.4 Å². The van der Waals surface area contributed by atoms with Gasteiger partial charge in [0.05, 0.1) is 29.1 Å². The third-order valence-corrected chi connectivity index (χ3v) is 3.76. The van der Waals surface area contributed by atoms with Crippen molar-refractivity contribution in [3.05, 3.63) is 76.3 Å². The zero-order valence-electron chi connectivity index (χ0n) is 12.7. The Kier molecular flexibility index (Phi) is 4.80. The van der Waals surface area contributed by atoms with Crippen LogP contribution >= 0.6 is 11.6 Å². The first kappa shape index (κ1) is 16.1. The number of imidazole rings is 1. The van der Waals surface area contributed by atoms with Gasteiger partial charge in [-0.15, -0.1) is 0 Å². The average Bonchev–Trinajstić information content (AvgIpc) is 3.05. The Morgan fingerprint density at radius 1 is 1.21 bits per heavy atom. The van der Waals surface area contributed by atoms with Crippen molar-refractivity contribution >= 4 is 11.6 Å². The largest absolute Gasteiger partial charge is 0.454 e. The number of nitriles is 1. The molecule has 3 rings (SSSR count). The highest BCUT2D eigenvalue weighted by Crippen LogP contribution is 2.31. The lowest BCUT2D eigenvalue weighted by Gasteiger charge is -2.10. The number of H-pyrrole nitrogens is 1. The van der Waals surface area contributed by atoms with Crippen molar-refractivity contribution in [3.8, 4) is 17.6 Å². The van der Waals surface area contributed by atoms with Crippen molar-refractivity contribution in [1.82, 2.24) is 9.97 Å². The van der Waals surface area contributed by atoms with Gasteiger partial charge in [0, 0.05) is 6.42 Å². The third-order valence-electron chi connectivity index (χ3n) is 3.45. The van der Waals surface area contributed by atoms with Crippen molar-refractivity contribution < 1.29 is 9.84 Å². The second-order valence-electron chi connectivity index (χ2n) is 5.16. The lowest BCUT2D eigenvalue weighted by Crippen LogP contribution is -1.95. The molecule has 6 heteroatoms. The zero-order valence-corrected chi connectivity index (χ0v) is 13.4. The summed E-state index contributed by atoms with van der Waals surface area (Å²) < 4.78 is 5.81. The number of aliphatic hydroxyl groups is 1. The Bertz CT molecular complexity index is 899. The minimum atomic E-state index is -0.0821. The average molecular weight is 340 g/mol. The molecular formula is C18H14ClN3O2. The van der Waals surface area contributed by atoms with E-state index in [0.29, 0.717) is 34.2 Å². The van der Waals surface area contributed by atoms with E-state index in [1.807, 2.05) is 18.2 Å². The molecule has 0 aliphatic carbocycles. The molecule has 2 N–H and O–H groups in total. The summed E-state index contributed by atoms with van der Waals surface area (Å²) in [5.41, 5.74) is 2.01. The number of aromatic amines is 1. The first-order valence-corrected chi connectivity index (χ1v) is 7.66. The molecule has 0 saturated carbocycles. The SMILES string of the molecule is N#Cc1ccc(Cc2ncc(CO)[nH]2)cc1Oc1ccccc1Cl. The van der Waals surface area contributed by atoms with E-state index in [-0.39, 0.29) is 6.61 Å². The van der Waals surface area contributed by atoms with Crippen LogP contribution in [-0.4, -0.2) is 15.1 Å². The second kappa shape index (κ2) is 7.18. The monoisotopic (exact) mass is 339 g/mol. The maximum atomic E-state index is 9.27. The van der Waals surface area contributed by atoms with Gasteiger partial charge in [-0.2, -0.15) is 5.26 Å². The van der Waals surface area contributed by atoms with Gasteiger partial charge in [-0.05, 0) is 29.8 Å². The fourth-order valence-corrected chi connectivity index (χ4v) is 2.44. The van der Waals surface area contributed by atoms with Crippen LogP contribution < -0.4 is 4.74 Å². The van der Waals surface area contributed by atoms with Crippen molar-refractivity contribution in [2.75, 3.05) is 0 Å². The van der Waals surface area contributed by atoms with Crippen LogP contribution in [0.15, 0.2) is 48.7 Å². The number of aromatic nitrogens is 2.